The van der Waals surface area contributed by atoms with E-state index in [1.54, 1.807) is 17.4 Å². The van der Waals surface area contributed by atoms with Gasteiger partial charge in [0.25, 0.3) is 5.92 Å². The molecule has 0 bridgehead atoms. The lowest BCUT2D eigenvalue weighted by Crippen LogP contribution is -2.40. The van der Waals surface area contributed by atoms with Crippen LogP contribution in [0, 0.1) is 11.8 Å². The third-order valence-electron chi connectivity index (χ3n) is 11.1. The van der Waals surface area contributed by atoms with E-state index in [1.165, 1.54) is 34.9 Å². The topological polar surface area (TPSA) is 72.6 Å². The Bertz CT molecular complexity index is 1520. The Morgan fingerprint density at radius 3 is 2.54 bits per heavy atom. The van der Waals surface area contributed by atoms with Crippen molar-refractivity contribution < 1.29 is 23.1 Å². The molecular weight excluding hydrogens is 650 g/mol. The number of hydrogen-bond donors (Lipinski definition) is 1. The van der Waals surface area contributed by atoms with Gasteiger partial charge in [0, 0.05) is 48.6 Å². The van der Waals surface area contributed by atoms with E-state index < -0.39 is 12.0 Å². The number of aryl methyl sites for hydroxylation is 1. The molecule has 3 aliphatic carbocycles. The largest absolute Gasteiger partial charge is 0.397 e. The third kappa shape index (κ3) is 8.66. The summed E-state index contributed by atoms with van der Waals surface area (Å²) in [5, 5.41) is 2.19. The van der Waals surface area contributed by atoms with E-state index in [1.807, 2.05) is 0 Å². The summed E-state index contributed by atoms with van der Waals surface area (Å²) in [5.41, 5.74) is 9.59. The van der Waals surface area contributed by atoms with Gasteiger partial charge in [-0.3, -0.25) is 9.59 Å². The van der Waals surface area contributed by atoms with Crippen LogP contribution in [-0.4, -0.2) is 48.3 Å². The molecule has 1 atom stereocenters. The first kappa shape index (κ1) is 35.4. The second-order valence-electron chi connectivity index (χ2n) is 14.5. The smallest absolute Gasteiger partial charge is 0.272 e. The summed E-state index contributed by atoms with van der Waals surface area (Å²) < 4.78 is 35.2. The molecule has 1 saturated heterocycles. The van der Waals surface area contributed by atoms with Crippen molar-refractivity contribution in [2.45, 2.75) is 115 Å². The Hall–Kier alpha value is -2.39. The summed E-state index contributed by atoms with van der Waals surface area (Å²) in [5.74, 6) is -2.53. The van der Waals surface area contributed by atoms with Gasteiger partial charge in [0.15, 0.2) is 11.6 Å². The van der Waals surface area contributed by atoms with Crippen LogP contribution in [0.4, 0.5) is 14.5 Å². The van der Waals surface area contributed by atoms with E-state index in [2.05, 4.69) is 28.5 Å². The number of ketones is 2. The number of halogens is 3. The molecule has 0 radical (unpaired) electrons. The predicted octanol–water partition coefficient (Wildman–Crippen LogP) is 9.05. The average molecular weight is 699 g/mol. The predicted molar refractivity (Wildman–Crippen MR) is 190 cm³/mol. The van der Waals surface area contributed by atoms with Gasteiger partial charge in [0.2, 0.25) is 0 Å². The molecule has 2 aromatic rings. The number of thiophene rings is 1. The molecule has 48 heavy (non-hydrogen) atoms. The highest BCUT2D eigenvalue weighted by Gasteiger charge is 2.35. The minimum atomic E-state index is -3.16. The Morgan fingerprint density at radius 2 is 1.83 bits per heavy atom. The van der Waals surface area contributed by atoms with E-state index in [9.17, 15) is 18.4 Å². The van der Waals surface area contributed by atoms with Crippen molar-refractivity contribution in [3.63, 3.8) is 0 Å². The van der Waals surface area contributed by atoms with Gasteiger partial charge in [-0.25, -0.2) is 8.78 Å². The highest BCUT2D eigenvalue weighted by atomic mass is 35.5. The van der Waals surface area contributed by atoms with E-state index in [-0.39, 0.29) is 40.2 Å². The van der Waals surface area contributed by atoms with Crippen LogP contribution in [-0.2, 0) is 39.5 Å². The van der Waals surface area contributed by atoms with Gasteiger partial charge < -0.3 is 15.4 Å². The van der Waals surface area contributed by atoms with Crippen molar-refractivity contribution in [1.29, 1.82) is 0 Å². The zero-order valence-electron chi connectivity index (χ0n) is 28.1. The SMILES string of the molecule is CC(F)(F)c1cc(C[C@@H](OCC=C2CCC(/C=C3\Cc4sccc4CCC3=O)CC2)C(=O)C2CCC(N3CCCC3)CC2)cc(Cl)c1N. The molecule has 3 fully saturated rings. The van der Waals surface area contributed by atoms with Gasteiger partial charge in [-0.1, -0.05) is 29.3 Å². The fourth-order valence-corrected chi connectivity index (χ4v) is 9.43. The molecule has 1 aliphatic heterocycles. The fraction of sp³-hybridized carbons (Fsp3) is 0.590. The molecular formula is C39H49ClF2N2O3S. The lowest BCUT2D eigenvalue weighted by atomic mass is 9.80. The van der Waals surface area contributed by atoms with Crippen molar-refractivity contribution >= 4 is 40.2 Å². The molecule has 0 unspecified atom stereocenters. The number of Topliss-reactive ketones (excluding diaryl/α,β-unsaturated/α-hetero) is 2. The number of carbonyl (C=O) groups excluding carboxylic acids is 2. The molecule has 9 heteroatoms. The monoisotopic (exact) mass is 698 g/mol. The van der Waals surface area contributed by atoms with Gasteiger partial charge >= 0.3 is 0 Å². The van der Waals surface area contributed by atoms with Crippen LogP contribution in [0.2, 0.25) is 5.02 Å². The quantitative estimate of drug-likeness (QED) is 0.116. The summed E-state index contributed by atoms with van der Waals surface area (Å²) >= 11 is 8.06. The van der Waals surface area contributed by atoms with Crippen LogP contribution in [0.15, 0.2) is 46.9 Å². The lowest BCUT2D eigenvalue weighted by molar-refractivity contribution is -0.135. The van der Waals surface area contributed by atoms with Gasteiger partial charge in [-0.2, -0.15) is 0 Å². The molecule has 1 aromatic carbocycles. The average Bonchev–Trinajstić information content (AvgIpc) is 3.75. The van der Waals surface area contributed by atoms with Crippen molar-refractivity contribution in [2.75, 3.05) is 25.4 Å². The Balaban J connectivity index is 1.10. The number of benzene rings is 1. The fourth-order valence-electron chi connectivity index (χ4n) is 8.23. The van der Waals surface area contributed by atoms with Gasteiger partial charge in [0.05, 0.1) is 17.3 Å². The number of hydrogen-bond acceptors (Lipinski definition) is 6. The number of nitrogen functional groups attached to an aromatic ring is 1. The number of ether oxygens (including phenoxy) is 1. The highest BCUT2D eigenvalue weighted by molar-refractivity contribution is 7.10. The molecule has 1 aromatic heterocycles. The third-order valence-corrected chi connectivity index (χ3v) is 12.4. The van der Waals surface area contributed by atoms with Gasteiger partial charge in [-0.15, -0.1) is 11.3 Å². The maximum atomic E-state index is 14.4. The second-order valence-corrected chi connectivity index (χ2v) is 15.9. The maximum Gasteiger partial charge on any atom is 0.272 e. The number of allylic oxidation sites excluding steroid dienone is 3. The molecule has 260 valence electrons. The van der Waals surface area contributed by atoms with Crippen molar-refractivity contribution in [2.24, 2.45) is 11.8 Å². The van der Waals surface area contributed by atoms with Crippen LogP contribution in [0.1, 0.15) is 99.1 Å². The van der Waals surface area contributed by atoms with E-state index >= 15 is 0 Å². The Morgan fingerprint density at radius 1 is 1.10 bits per heavy atom. The Labute approximate surface area is 292 Å². The van der Waals surface area contributed by atoms with E-state index in [4.69, 9.17) is 22.1 Å². The zero-order valence-corrected chi connectivity index (χ0v) is 29.7. The molecule has 4 aliphatic rings. The zero-order chi connectivity index (χ0) is 33.8. The number of fused-ring (bicyclic) bond motifs is 1. The second kappa shape index (κ2) is 15.7. The number of likely N-dealkylation sites (tertiary alicyclic amines) is 1. The minimum absolute atomic E-state index is 0.0586. The van der Waals surface area contributed by atoms with Crippen molar-refractivity contribution in [3.05, 3.63) is 73.5 Å². The van der Waals surface area contributed by atoms with Gasteiger partial charge in [0.1, 0.15) is 6.10 Å². The number of anilines is 1. The van der Waals surface area contributed by atoms with Crippen LogP contribution in [0.5, 0.6) is 0 Å². The Kier molecular flexibility index (Phi) is 11.6. The number of nitrogens with zero attached hydrogens (tertiary/aromatic N) is 1. The number of rotatable bonds is 10. The van der Waals surface area contributed by atoms with Crippen LogP contribution < -0.4 is 5.73 Å². The van der Waals surface area contributed by atoms with Crippen molar-refractivity contribution in [1.82, 2.24) is 4.90 Å². The maximum absolute atomic E-state index is 14.4. The van der Waals surface area contributed by atoms with Crippen LogP contribution in [0.3, 0.4) is 0 Å². The lowest BCUT2D eigenvalue weighted by Gasteiger charge is -2.35. The number of carbonyl (C=O) groups is 2. The molecule has 6 rings (SSSR count). The number of alkyl halides is 2. The standard InChI is InChI=1S/C39H49ClF2N2O3S/c1-39(41,42)32-21-27(22-33(40)37(32)43)23-35(38(46)29-8-11-31(12-9-29)44-16-2-3-17-44)47-18-14-25-4-6-26(7-5-25)20-30-24-36-28(15-19-48-36)10-13-34(30)45/h14-15,19-22,26,29,31,35H,2-13,16-18,23-24,43H2,1H3/b25-14?,30-20+/t26?,29?,31?,35-/m1/s1. The van der Waals surface area contributed by atoms with Gasteiger partial charge in [-0.05, 0) is 130 Å². The summed E-state index contributed by atoms with van der Waals surface area (Å²) in [7, 11) is 0. The molecule has 2 heterocycles. The van der Waals surface area contributed by atoms with Crippen molar-refractivity contribution in [3.8, 4) is 0 Å². The minimum Gasteiger partial charge on any atom is -0.397 e. The molecule has 2 saturated carbocycles. The summed E-state index contributed by atoms with van der Waals surface area (Å²) in [6, 6.07) is 5.67. The summed E-state index contributed by atoms with van der Waals surface area (Å²) in [6.07, 6.45) is 15.9. The molecule has 0 spiro atoms. The van der Waals surface area contributed by atoms with E-state index in [0.29, 0.717) is 30.6 Å². The first-order valence-corrected chi connectivity index (χ1v) is 19.1. The summed E-state index contributed by atoms with van der Waals surface area (Å²) in [4.78, 5) is 30.7. The summed E-state index contributed by atoms with van der Waals surface area (Å²) in [6.45, 7) is 3.40. The first-order chi connectivity index (χ1) is 23.0. The number of nitrogens with two attached hydrogens (primary N) is 1. The molecule has 0 amide bonds. The van der Waals surface area contributed by atoms with E-state index in [0.717, 1.165) is 89.8 Å². The first-order valence-electron chi connectivity index (χ1n) is 17.9. The van der Waals surface area contributed by atoms with Crippen LogP contribution >= 0.6 is 22.9 Å². The molecule has 5 nitrogen and oxygen atoms in total. The van der Waals surface area contributed by atoms with Crippen LogP contribution in [0.25, 0.3) is 0 Å². The normalized spacial score (nSPS) is 25.6. The molecule has 2 N–H and O–H groups in total. The highest BCUT2D eigenvalue weighted by Crippen LogP contribution is 2.38.